The van der Waals surface area contributed by atoms with Crippen LogP contribution in [-0.2, 0) is 9.84 Å². The van der Waals surface area contributed by atoms with Gasteiger partial charge in [0, 0.05) is 43.5 Å². The van der Waals surface area contributed by atoms with E-state index in [1.165, 1.54) is 11.6 Å². The molecule has 0 atom stereocenters. The first-order valence-corrected chi connectivity index (χ1v) is 16.8. The van der Waals surface area contributed by atoms with E-state index in [-0.39, 0.29) is 0 Å². The summed E-state index contributed by atoms with van der Waals surface area (Å²) in [5, 5.41) is 1.22. The van der Waals surface area contributed by atoms with Crippen molar-refractivity contribution in [1.29, 1.82) is 0 Å². The second-order valence-corrected chi connectivity index (χ2v) is 18.6. The van der Waals surface area contributed by atoms with Gasteiger partial charge in [-0.1, -0.05) is 41.5 Å². The number of hydrogen-bond acceptors (Lipinski definition) is 5. The molecule has 3 aromatic rings. The fourth-order valence-electron chi connectivity index (χ4n) is 6.42. The van der Waals surface area contributed by atoms with Crippen LogP contribution in [0.4, 0.5) is 11.5 Å². The Labute approximate surface area is 212 Å². The molecular formula is C27H40N4O2SSi. The standard InChI is InChI=1S/C27H40N4O2SSi/c1-20(2)35(21(3)4,22(5)6)31-15-14-23-8-13-26(28-27(23)31)30-18-16-29(17-19-30)24-9-11-25(12-10-24)34(7,32)33/h8-15,20-22H,16-19H2,1-7H3. The molecule has 1 fully saturated rings. The van der Waals surface area contributed by atoms with Crippen LogP contribution in [-0.4, -0.2) is 58.3 Å². The van der Waals surface area contributed by atoms with Gasteiger partial charge in [-0.3, -0.25) is 0 Å². The lowest BCUT2D eigenvalue weighted by atomic mass is 10.2. The number of nitrogens with zero attached hydrogens (tertiary/aromatic N) is 4. The Morgan fingerprint density at radius 2 is 1.31 bits per heavy atom. The molecular weight excluding hydrogens is 472 g/mol. The highest BCUT2D eigenvalue weighted by molar-refractivity contribution is 7.90. The van der Waals surface area contributed by atoms with Crippen LogP contribution in [0.1, 0.15) is 41.5 Å². The van der Waals surface area contributed by atoms with E-state index in [0.29, 0.717) is 21.5 Å². The minimum atomic E-state index is -3.17. The summed E-state index contributed by atoms with van der Waals surface area (Å²) in [6.07, 6.45) is 3.54. The number of piperazine rings is 1. The molecule has 0 radical (unpaired) electrons. The summed E-state index contributed by atoms with van der Waals surface area (Å²) >= 11 is 0. The van der Waals surface area contributed by atoms with Crippen LogP contribution in [0.3, 0.4) is 0 Å². The normalized spacial score (nSPS) is 15.7. The maximum absolute atomic E-state index is 11.8. The summed E-state index contributed by atoms with van der Waals surface area (Å²) < 4.78 is 26.1. The van der Waals surface area contributed by atoms with E-state index in [1.54, 1.807) is 12.1 Å². The minimum absolute atomic E-state index is 0.365. The average Bonchev–Trinajstić information content (AvgIpc) is 3.22. The fraction of sp³-hybridized carbons (Fsp3) is 0.519. The van der Waals surface area contributed by atoms with Gasteiger partial charge >= 0.3 is 0 Å². The van der Waals surface area contributed by atoms with Crippen LogP contribution in [0, 0.1) is 0 Å². The molecule has 1 aliphatic heterocycles. The van der Waals surface area contributed by atoms with Crippen molar-refractivity contribution < 1.29 is 8.42 Å². The molecule has 0 N–H and O–H groups in total. The van der Waals surface area contributed by atoms with Gasteiger partial charge in [-0.25, -0.2) is 13.4 Å². The predicted molar refractivity (Wildman–Crippen MR) is 150 cm³/mol. The lowest BCUT2D eigenvalue weighted by Gasteiger charge is -2.44. The molecule has 3 heterocycles. The summed E-state index contributed by atoms with van der Waals surface area (Å²) in [5.41, 5.74) is 4.03. The van der Waals surface area contributed by atoms with Gasteiger partial charge in [-0.15, -0.1) is 0 Å². The number of pyridine rings is 1. The summed E-state index contributed by atoms with van der Waals surface area (Å²) in [6, 6.07) is 13.9. The van der Waals surface area contributed by atoms with Crippen molar-refractivity contribution in [3.8, 4) is 0 Å². The van der Waals surface area contributed by atoms with Crippen molar-refractivity contribution >= 4 is 40.6 Å². The molecule has 6 nitrogen and oxygen atoms in total. The Kier molecular flexibility index (Phi) is 7.08. The second-order valence-electron chi connectivity index (χ2n) is 10.9. The third kappa shape index (κ3) is 4.62. The van der Waals surface area contributed by atoms with Gasteiger partial charge in [0.15, 0.2) is 18.1 Å². The Bertz CT molecular complexity index is 1250. The predicted octanol–water partition coefficient (Wildman–Crippen LogP) is 5.79. The molecule has 4 rings (SSSR count). The molecule has 0 spiro atoms. The summed E-state index contributed by atoms with van der Waals surface area (Å²) in [5.74, 6) is 1.05. The van der Waals surface area contributed by atoms with Crippen molar-refractivity contribution in [3.05, 3.63) is 48.7 Å². The Morgan fingerprint density at radius 3 is 1.83 bits per heavy atom. The van der Waals surface area contributed by atoms with Gasteiger partial charge in [-0.05, 0) is 65.3 Å². The van der Waals surface area contributed by atoms with Crippen molar-refractivity contribution in [2.75, 3.05) is 42.2 Å². The summed E-state index contributed by atoms with van der Waals surface area (Å²) in [4.78, 5) is 10.3. The first-order valence-electron chi connectivity index (χ1n) is 12.7. The van der Waals surface area contributed by atoms with Gasteiger partial charge in [0.1, 0.15) is 11.5 Å². The van der Waals surface area contributed by atoms with Crippen LogP contribution in [0.5, 0.6) is 0 Å². The summed E-state index contributed by atoms with van der Waals surface area (Å²) in [6.45, 7) is 17.9. The maximum atomic E-state index is 11.8. The zero-order chi connectivity index (χ0) is 25.5. The molecule has 0 unspecified atom stereocenters. The SMILES string of the molecule is CC(C)[Si](C(C)C)(C(C)C)n1ccc2ccc(N3CCN(c4ccc(S(C)(=O)=O)cc4)CC3)nc21. The fourth-order valence-corrected chi connectivity index (χ4v) is 13.6. The van der Waals surface area contributed by atoms with Gasteiger partial charge in [-0.2, -0.15) is 0 Å². The molecule has 0 amide bonds. The highest BCUT2D eigenvalue weighted by atomic mass is 32.2. The first-order chi connectivity index (χ1) is 16.5. The number of fused-ring (bicyclic) bond motifs is 1. The number of anilines is 2. The van der Waals surface area contributed by atoms with E-state index < -0.39 is 18.1 Å². The Balaban J connectivity index is 1.58. The monoisotopic (exact) mass is 512 g/mol. The number of rotatable bonds is 7. The van der Waals surface area contributed by atoms with E-state index in [9.17, 15) is 8.42 Å². The molecule has 1 aliphatic rings. The van der Waals surface area contributed by atoms with Crippen molar-refractivity contribution in [2.45, 2.75) is 63.1 Å². The highest BCUT2D eigenvalue weighted by Gasteiger charge is 2.46. The number of sulfone groups is 1. The molecule has 0 bridgehead atoms. The van der Waals surface area contributed by atoms with Crippen molar-refractivity contribution in [3.63, 3.8) is 0 Å². The quantitative estimate of drug-likeness (QED) is 0.375. The molecule has 0 aliphatic carbocycles. The van der Waals surface area contributed by atoms with Crippen LogP contribution in [0.15, 0.2) is 53.6 Å². The van der Waals surface area contributed by atoms with E-state index in [0.717, 1.165) is 43.3 Å². The van der Waals surface area contributed by atoms with Crippen LogP contribution < -0.4 is 9.80 Å². The largest absolute Gasteiger partial charge is 0.368 e. The second kappa shape index (κ2) is 9.62. The number of hydrogen-bond donors (Lipinski definition) is 0. The van der Waals surface area contributed by atoms with Crippen molar-refractivity contribution in [2.24, 2.45) is 0 Å². The van der Waals surface area contributed by atoms with Gasteiger partial charge in [0.2, 0.25) is 0 Å². The average molecular weight is 513 g/mol. The van der Waals surface area contributed by atoms with Gasteiger partial charge in [0.25, 0.3) is 0 Å². The zero-order valence-electron chi connectivity index (χ0n) is 22.2. The van der Waals surface area contributed by atoms with Gasteiger partial charge < -0.3 is 14.0 Å². The smallest absolute Gasteiger partial charge is 0.175 e. The Hall–Kier alpha value is -2.32. The molecule has 1 aromatic carbocycles. The first kappa shape index (κ1) is 25.8. The van der Waals surface area contributed by atoms with Crippen LogP contribution >= 0.6 is 0 Å². The zero-order valence-corrected chi connectivity index (χ0v) is 24.0. The lowest BCUT2D eigenvalue weighted by molar-refractivity contribution is 0.602. The van der Waals surface area contributed by atoms with E-state index >= 15 is 0 Å². The van der Waals surface area contributed by atoms with E-state index in [4.69, 9.17) is 4.98 Å². The maximum Gasteiger partial charge on any atom is 0.175 e. The van der Waals surface area contributed by atoms with Crippen molar-refractivity contribution in [1.82, 2.24) is 9.22 Å². The summed E-state index contributed by atoms with van der Waals surface area (Å²) in [7, 11) is -5.05. The molecule has 1 saturated heterocycles. The van der Waals surface area contributed by atoms with E-state index in [2.05, 4.69) is 80.0 Å². The molecule has 190 valence electrons. The number of aromatic nitrogens is 2. The van der Waals surface area contributed by atoms with Gasteiger partial charge in [0.05, 0.1) is 4.90 Å². The topological polar surface area (TPSA) is 58.4 Å². The third-order valence-electron chi connectivity index (χ3n) is 7.95. The molecule has 8 heteroatoms. The third-order valence-corrected chi connectivity index (χ3v) is 15.8. The Morgan fingerprint density at radius 1 is 0.771 bits per heavy atom. The van der Waals surface area contributed by atoms with Crippen LogP contribution in [0.25, 0.3) is 11.0 Å². The minimum Gasteiger partial charge on any atom is -0.368 e. The van der Waals surface area contributed by atoms with Crippen LogP contribution in [0.2, 0.25) is 16.6 Å². The number of benzene rings is 1. The molecule has 35 heavy (non-hydrogen) atoms. The van der Waals surface area contributed by atoms with E-state index in [1.807, 2.05) is 12.1 Å². The molecule has 2 aromatic heterocycles. The highest BCUT2D eigenvalue weighted by Crippen LogP contribution is 2.44. The molecule has 0 saturated carbocycles. The lowest BCUT2D eigenvalue weighted by Crippen LogP contribution is -2.51.